The van der Waals surface area contributed by atoms with Crippen LogP contribution in [0.15, 0.2) is 24.5 Å². The van der Waals surface area contributed by atoms with Gasteiger partial charge in [-0.15, -0.1) is 0 Å². The Kier molecular flexibility index (Phi) is 7.85. The summed E-state index contributed by atoms with van der Waals surface area (Å²) in [4.78, 5) is 15.1. The third-order valence-electron chi connectivity index (χ3n) is 5.46. The Labute approximate surface area is 167 Å². The fraction of sp³-hybridized carbons (Fsp3) is 0.478. The smallest absolute Gasteiger partial charge is 0.303 e. The average Bonchev–Trinajstić information content (AvgIpc) is 2.69. The van der Waals surface area contributed by atoms with E-state index < -0.39 is 5.97 Å². The van der Waals surface area contributed by atoms with Gasteiger partial charge in [-0.05, 0) is 61.9 Å². The van der Waals surface area contributed by atoms with Crippen LogP contribution >= 0.6 is 0 Å². The molecule has 152 valence electrons. The van der Waals surface area contributed by atoms with Gasteiger partial charge in [0.05, 0.1) is 14.2 Å². The number of ether oxygens (including phenoxy) is 2. The van der Waals surface area contributed by atoms with Gasteiger partial charge in [-0.1, -0.05) is 18.9 Å². The zero-order chi connectivity index (χ0) is 20.7. The molecule has 0 spiro atoms. The fourth-order valence-electron chi connectivity index (χ4n) is 3.97. The van der Waals surface area contributed by atoms with Crippen LogP contribution in [-0.4, -0.2) is 30.3 Å². The highest BCUT2D eigenvalue weighted by molar-refractivity contribution is 5.66. The molecule has 2 aromatic rings. The Morgan fingerprint density at radius 2 is 1.71 bits per heavy atom. The summed E-state index contributed by atoms with van der Waals surface area (Å²) in [5, 5.41) is 8.86. The van der Waals surface area contributed by atoms with Crippen LogP contribution in [0.5, 0.6) is 11.5 Å². The molecule has 1 N–H and O–H groups in total. The van der Waals surface area contributed by atoms with Crippen molar-refractivity contribution in [3.05, 3.63) is 52.3 Å². The number of hydrogen-bond acceptors (Lipinski definition) is 4. The van der Waals surface area contributed by atoms with E-state index in [1.165, 1.54) is 0 Å². The second-order valence-electron chi connectivity index (χ2n) is 7.19. The summed E-state index contributed by atoms with van der Waals surface area (Å²) >= 11 is 0. The van der Waals surface area contributed by atoms with Crippen molar-refractivity contribution in [1.29, 1.82) is 0 Å². The molecule has 0 amide bonds. The van der Waals surface area contributed by atoms with Crippen molar-refractivity contribution in [2.45, 2.75) is 58.8 Å². The summed E-state index contributed by atoms with van der Waals surface area (Å²) in [7, 11) is 3.42. The highest BCUT2D eigenvalue weighted by Gasteiger charge is 2.26. The monoisotopic (exact) mass is 385 g/mol. The van der Waals surface area contributed by atoms with Gasteiger partial charge in [0.2, 0.25) is 0 Å². The van der Waals surface area contributed by atoms with Crippen LogP contribution in [0.4, 0.5) is 0 Å². The molecule has 0 aliphatic heterocycles. The Morgan fingerprint density at radius 3 is 2.29 bits per heavy atom. The minimum Gasteiger partial charge on any atom is -0.496 e. The first-order valence-electron chi connectivity index (χ1n) is 9.75. The highest BCUT2D eigenvalue weighted by atomic mass is 16.5. The maximum Gasteiger partial charge on any atom is 0.303 e. The minimum absolute atomic E-state index is 0.113. The molecule has 5 nitrogen and oxygen atoms in total. The second-order valence-corrected chi connectivity index (χ2v) is 7.19. The summed E-state index contributed by atoms with van der Waals surface area (Å²) in [5.41, 5.74) is 5.52. The molecule has 0 saturated heterocycles. The summed E-state index contributed by atoms with van der Waals surface area (Å²) in [5.74, 6) is 1.17. The fourth-order valence-corrected chi connectivity index (χ4v) is 3.97. The Balaban J connectivity index is 2.46. The van der Waals surface area contributed by atoms with Crippen molar-refractivity contribution in [3.8, 4) is 11.5 Å². The van der Waals surface area contributed by atoms with Crippen LogP contribution in [0.3, 0.4) is 0 Å². The van der Waals surface area contributed by atoms with Crippen molar-refractivity contribution in [3.63, 3.8) is 0 Å². The van der Waals surface area contributed by atoms with Gasteiger partial charge in [-0.3, -0.25) is 9.78 Å². The molecular weight excluding hydrogens is 354 g/mol. The maximum atomic E-state index is 10.8. The van der Waals surface area contributed by atoms with Gasteiger partial charge in [0, 0.05) is 30.3 Å². The van der Waals surface area contributed by atoms with Crippen molar-refractivity contribution in [1.82, 2.24) is 4.98 Å². The van der Waals surface area contributed by atoms with Crippen molar-refractivity contribution < 1.29 is 19.4 Å². The van der Waals surface area contributed by atoms with E-state index in [4.69, 9.17) is 14.6 Å². The molecule has 1 unspecified atom stereocenters. The number of benzene rings is 1. The molecule has 0 aliphatic carbocycles. The number of carboxylic acid groups (broad SMARTS) is 1. The first-order chi connectivity index (χ1) is 13.4. The molecule has 0 bridgehead atoms. The second kappa shape index (κ2) is 10.1. The van der Waals surface area contributed by atoms with E-state index >= 15 is 0 Å². The lowest BCUT2D eigenvalue weighted by Gasteiger charge is -2.26. The summed E-state index contributed by atoms with van der Waals surface area (Å²) < 4.78 is 11.6. The van der Waals surface area contributed by atoms with Gasteiger partial charge in [0.1, 0.15) is 11.5 Å². The third kappa shape index (κ3) is 4.83. The van der Waals surface area contributed by atoms with Crippen LogP contribution in [0.25, 0.3) is 0 Å². The molecule has 1 atom stereocenters. The van der Waals surface area contributed by atoms with E-state index in [1.54, 1.807) is 20.4 Å². The van der Waals surface area contributed by atoms with Crippen LogP contribution in [0, 0.1) is 20.8 Å². The molecule has 0 radical (unpaired) electrons. The van der Waals surface area contributed by atoms with Crippen molar-refractivity contribution in [2.24, 2.45) is 0 Å². The van der Waals surface area contributed by atoms with Crippen LogP contribution in [0.1, 0.15) is 65.8 Å². The normalized spacial score (nSPS) is 11.9. The number of aromatic nitrogens is 1. The van der Waals surface area contributed by atoms with Crippen LogP contribution < -0.4 is 9.47 Å². The quantitative estimate of drug-likeness (QED) is 0.570. The van der Waals surface area contributed by atoms with Crippen LogP contribution in [0.2, 0.25) is 0 Å². The zero-order valence-corrected chi connectivity index (χ0v) is 17.5. The minimum atomic E-state index is -0.736. The van der Waals surface area contributed by atoms with Crippen molar-refractivity contribution >= 4 is 5.97 Å². The Bertz CT molecular complexity index is 802. The number of aliphatic carboxylic acids is 1. The molecule has 1 aromatic carbocycles. The molecule has 1 heterocycles. The Morgan fingerprint density at radius 1 is 1.04 bits per heavy atom. The molecule has 28 heavy (non-hydrogen) atoms. The number of rotatable bonds is 10. The number of unbranched alkanes of at least 4 members (excludes halogenated alkanes) is 2. The number of carboxylic acids is 1. The first kappa shape index (κ1) is 21.7. The molecule has 5 heteroatoms. The lowest BCUT2D eigenvalue weighted by atomic mass is 9.82. The topological polar surface area (TPSA) is 68.7 Å². The molecule has 0 aliphatic rings. The van der Waals surface area contributed by atoms with Gasteiger partial charge in [0.25, 0.3) is 0 Å². The van der Waals surface area contributed by atoms with Gasteiger partial charge in [-0.25, -0.2) is 0 Å². The summed E-state index contributed by atoms with van der Waals surface area (Å²) in [6.07, 6.45) is 7.31. The number of nitrogens with zero attached hydrogens (tertiary/aromatic N) is 1. The van der Waals surface area contributed by atoms with Gasteiger partial charge in [0.15, 0.2) is 0 Å². The lowest BCUT2D eigenvalue weighted by Crippen LogP contribution is -2.10. The third-order valence-corrected chi connectivity index (χ3v) is 5.46. The van der Waals surface area contributed by atoms with Crippen LogP contribution in [-0.2, 0) is 4.79 Å². The number of carbonyl (C=O) groups is 1. The van der Waals surface area contributed by atoms with E-state index in [-0.39, 0.29) is 12.3 Å². The predicted octanol–water partition coefficient (Wildman–Crippen LogP) is 5.19. The summed E-state index contributed by atoms with van der Waals surface area (Å²) in [6.45, 7) is 6.20. The molecular formula is C23H31NO4. The average molecular weight is 386 g/mol. The first-order valence-corrected chi connectivity index (χ1v) is 9.75. The van der Waals surface area contributed by atoms with E-state index in [0.717, 1.165) is 58.6 Å². The maximum absolute atomic E-state index is 10.8. The number of methoxy groups -OCH3 is 2. The Hall–Kier alpha value is -2.56. The molecule has 0 saturated carbocycles. The van der Waals surface area contributed by atoms with E-state index in [0.29, 0.717) is 6.42 Å². The van der Waals surface area contributed by atoms with E-state index in [9.17, 15) is 4.79 Å². The van der Waals surface area contributed by atoms with E-state index in [2.05, 4.69) is 31.8 Å². The SMILES string of the molecule is COc1c(C)c(C)c(OC)c(C(CCCCCC(=O)O)c2cccnc2)c1C. The standard InChI is InChI=1S/C23H31NO4/c1-15-16(2)23(28-5)21(17(3)22(15)27-4)19(18-10-9-13-24-14-18)11-7-6-8-12-20(25)26/h9-10,13-14,19H,6-8,11-12H2,1-5H3,(H,25,26). The molecule has 2 rings (SSSR count). The molecule has 1 aromatic heterocycles. The van der Waals surface area contributed by atoms with Crippen molar-refractivity contribution in [2.75, 3.05) is 14.2 Å². The zero-order valence-electron chi connectivity index (χ0n) is 17.5. The summed E-state index contributed by atoms with van der Waals surface area (Å²) in [6, 6.07) is 4.04. The van der Waals surface area contributed by atoms with Gasteiger partial charge >= 0.3 is 5.97 Å². The largest absolute Gasteiger partial charge is 0.496 e. The van der Waals surface area contributed by atoms with Gasteiger partial charge < -0.3 is 14.6 Å². The predicted molar refractivity (Wildman–Crippen MR) is 111 cm³/mol. The number of pyridine rings is 1. The number of hydrogen-bond donors (Lipinski definition) is 1. The highest BCUT2D eigenvalue weighted by Crippen LogP contribution is 2.45. The van der Waals surface area contributed by atoms with E-state index in [1.807, 2.05) is 12.3 Å². The lowest BCUT2D eigenvalue weighted by molar-refractivity contribution is -0.137. The van der Waals surface area contributed by atoms with Gasteiger partial charge in [-0.2, -0.15) is 0 Å². The molecule has 0 fully saturated rings.